The third-order valence-electron chi connectivity index (χ3n) is 5.02. The minimum atomic E-state index is 0.133. The lowest BCUT2D eigenvalue weighted by Gasteiger charge is -2.33. The van der Waals surface area contributed by atoms with Gasteiger partial charge < -0.3 is 10.2 Å². The topological polar surface area (TPSA) is 32.3 Å². The van der Waals surface area contributed by atoms with Gasteiger partial charge in [0, 0.05) is 40.7 Å². The molecule has 5 heteroatoms. The molecule has 1 heterocycles. The lowest BCUT2D eigenvalue weighted by molar-refractivity contribution is -0.117. The molecule has 0 aromatic heterocycles. The van der Waals surface area contributed by atoms with E-state index in [4.69, 9.17) is 23.2 Å². The van der Waals surface area contributed by atoms with Crippen LogP contribution in [0.1, 0.15) is 35.4 Å². The Morgan fingerprint density at radius 2 is 1.88 bits per heavy atom. The fourth-order valence-corrected chi connectivity index (χ4v) is 4.09. The highest BCUT2D eigenvalue weighted by molar-refractivity contribution is 6.35. The van der Waals surface area contributed by atoms with Gasteiger partial charge in [-0.05, 0) is 60.8 Å². The fourth-order valence-electron chi connectivity index (χ4n) is 3.52. The first kappa shape index (κ1) is 16.9. The molecule has 0 saturated heterocycles. The van der Waals surface area contributed by atoms with Crippen LogP contribution in [0.4, 0.5) is 5.69 Å². The van der Waals surface area contributed by atoms with Crippen molar-refractivity contribution in [2.24, 2.45) is 5.92 Å². The third-order valence-corrected chi connectivity index (χ3v) is 5.58. The van der Waals surface area contributed by atoms with Crippen molar-refractivity contribution in [2.45, 2.75) is 25.3 Å². The molecule has 1 atom stereocenters. The molecule has 3 nitrogen and oxygen atoms in total. The number of likely N-dealkylation sites (N-methyl/N-ethyl adjacent to an activating group) is 1. The monoisotopic (exact) mass is 374 g/mol. The van der Waals surface area contributed by atoms with Gasteiger partial charge in [-0.3, -0.25) is 4.79 Å². The maximum atomic E-state index is 11.9. The number of amides is 1. The van der Waals surface area contributed by atoms with Crippen molar-refractivity contribution in [2.75, 3.05) is 18.9 Å². The summed E-state index contributed by atoms with van der Waals surface area (Å²) in [5, 5.41) is 4.39. The second-order valence-electron chi connectivity index (χ2n) is 7.09. The lowest BCUT2D eigenvalue weighted by atomic mass is 9.84. The van der Waals surface area contributed by atoms with Crippen molar-refractivity contribution in [3.63, 3.8) is 0 Å². The second kappa shape index (κ2) is 6.64. The molecule has 1 saturated carbocycles. The Morgan fingerprint density at radius 3 is 2.56 bits per heavy atom. The van der Waals surface area contributed by atoms with Gasteiger partial charge in [0.2, 0.25) is 5.91 Å². The average molecular weight is 375 g/mol. The molecule has 2 aromatic carbocycles. The van der Waals surface area contributed by atoms with E-state index in [0.717, 1.165) is 42.2 Å². The van der Waals surface area contributed by atoms with Crippen LogP contribution in [0.15, 0.2) is 36.4 Å². The molecule has 4 rings (SSSR count). The van der Waals surface area contributed by atoms with Crippen LogP contribution < -0.4 is 5.32 Å². The van der Waals surface area contributed by atoms with Crippen LogP contribution in [-0.4, -0.2) is 24.4 Å². The van der Waals surface area contributed by atoms with Gasteiger partial charge in [0.1, 0.15) is 0 Å². The summed E-state index contributed by atoms with van der Waals surface area (Å²) in [4.78, 5) is 14.2. The molecule has 130 valence electrons. The minimum Gasteiger partial charge on any atom is -0.326 e. The SMILES string of the molecule is CN1Cc2c(Cl)cc(Cl)cc2C(c2ccc(NC(=O)C3CC3)cc2)C1. The molecule has 0 bridgehead atoms. The molecule has 1 aliphatic carbocycles. The highest BCUT2D eigenvalue weighted by Crippen LogP contribution is 2.38. The minimum absolute atomic E-state index is 0.133. The number of nitrogens with one attached hydrogen (secondary N) is 1. The standard InChI is InChI=1S/C20H20Cl2N2O/c1-24-10-17(16-8-14(21)9-19(22)18(16)11-24)12-4-6-15(7-5-12)23-20(25)13-2-3-13/h4-9,13,17H,2-3,10-11H2,1H3,(H,23,25). The largest absolute Gasteiger partial charge is 0.326 e. The van der Waals surface area contributed by atoms with Crippen molar-refractivity contribution >= 4 is 34.8 Å². The van der Waals surface area contributed by atoms with Gasteiger partial charge in [-0.1, -0.05) is 35.3 Å². The molecule has 25 heavy (non-hydrogen) atoms. The molecule has 1 unspecified atom stereocenters. The molecule has 1 N–H and O–H groups in total. The molecule has 1 fully saturated rings. The predicted octanol–water partition coefficient (Wildman–Crippen LogP) is 4.92. The van der Waals surface area contributed by atoms with Gasteiger partial charge in [-0.2, -0.15) is 0 Å². The van der Waals surface area contributed by atoms with Crippen LogP contribution in [0.5, 0.6) is 0 Å². The molecular weight excluding hydrogens is 355 g/mol. The number of rotatable bonds is 3. The van der Waals surface area contributed by atoms with Crippen LogP contribution in [0.2, 0.25) is 10.0 Å². The van der Waals surface area contributed by atoms with E-state index in [1.54, 1.807) is 0 Å². The number of hydrogen-bond acceptors (Lipinski definition) is 2. The highest BCUT2D eigenvalue weighted by atomic mass is 35.5. The van der Waals surface area contributed by atoms with E-state index in [1.165, 1.54) is 11.1 Å². The zero-order valence-corrected chi connectivity index (χ0v) is 15.6. The van der Waals surface area contributed by atoms with Crippen molar-refractivity contribution in [1.29, 1.82) is 0 Å². The molecule has 1 amide bonds. The van der Waals surface area contributed by atoms with Crippen molar-refractivity contribution in [3.8, 4) is 0 Å². The number of fused-ring (bicyclic) bond motifs is 1. The number of hydrogen-bond donors (Lipinski definition) is 1. The highest BCUT2D eigenvalue weighted by Gasteiger charge is 2.30. The second-order valence-corrected chi connectivity index (χ2v) is 7.93. The summed E-state index contributed by atoms with van der Waals surface area (Å²) >= 11 is 12.7. The van der Waals surface area contributed by atoms with E-state index >= 15 is 0 Å². The average Bonchev–Trinajstić information content (AvgIpc) is 3.41. The van der Waals surface area contributed by atoms with Crippen LogP contribution in [0.25, 0.3) is 0 Å². The first-order chi connectivity index (χ1) is 12.0. The summed E-state index contributed by atoms with van der Waals surface area (Å²) < 4.78 is 0. The van der Waals surface area contributed by atoms with E-state index in [0.29, 0.717) is 5.02 Å². The summed E-state index contributed by atoms with van der Waals surface area (Å²) in [6.07, 6.45) is 2.02. The molecule has 2 aliphatic rings. The number of anilines is 1. The molecule has 0 radical (unpaired) electrons. The summed E-state index contributed by atoms with van der Waals surface area (Å²) in [5.74, 6) is 0.565. The summed E-state index contributed by atoms with van der Waals surface area (Å²) in [6, 6.07) is 12.0. The number of nitrogens with zero attached hydrogens (tertiary/aromatic N) is 1. The Labute approximate surface area is 157 Å². The van der Waals surface area contributed by atoms with Gasteiger partial charge in [0.15, 0.2) is 0 Å². The number of carbonyl (C=O) groups is 1. The zero-order valence-electron chi connectivity index (χ0n) is 14.1. The fraction of sp³-hybridized carbons (Fsp3) is 0.350. The third kappa shape index (κ3) is 3.55. The molecule has 1 aliphatic heterocycles. The Hall–Kier alpha value is -1.55. The number of benzene rings is 2. The molecular formula is C20H20Cl2N2O. The van der Waals surface area contributed by atoms with Crippen LogP contribution in [0.3, 0.4) is 0 Å². The van der Waals surface area contributed by atoms with E-state index in [9.17, 15) is 4.79 Å². The zero-order chi connectivity index (χ0) is 17.6. The van der Waals surface area contributed by atoms with E-state index < -0.39 is 0 Å². The van der Waals surface area contributed by atoms with Crippen molar-refractivity contribution in [1.82, 2.24) is 4.90 Å². The lowest BCUT2D eigenvalue weighted by Crippen LogP contribution is -2.31. The Kier molecular flexibility index (Phi) is 4.48. The van der Waals surface area contributed by atoms with Crippen LogP contribution in [-0.2, 0) is 11.3 Å². The normalized spacial score (nSPS) is 20.2. The summed E-state index contributed by atoms with van der Waals surface area (Å²) in [5.41, 5.74) is 4.41. The predicted molar refractivity (Wildman–Crippen MR) is 102 cm³/mol. The Bertz CT molecular complexity index is 815. The Balaban J connectivity index is 1.62. The Morgan fingerprint density at radius 1 is 1.16 bits per heavy atom. The van der Waals surface area contributed by atoms with Crippen molar-refractivity contribution in [3.05, 3.63) is 63.1 Å². The first-order valence-corrected chi connectivity index (χ1v) is 9.34. The van der Waals surface area contributed by atoms with Gasteiger partial charge in [0.05, 0.1) is 0 Å². The van der Waals surface area contributed by atoms with Gasteiger partial charge >= 0.3 is 0 Å². The molecule has 0 spiro atoms. The van der Waals surface area contributed by atoms with Gasteiger partial charge in [-0.25, -0.2) is 0 Å². The van der Waals surface area contributed by atoms with E-state index in [2.05, 4.69) is 29.4 Å². The maximum absolute atomic E-state index is 11.9. The first-order valence-electron chi connectivity index (χ1n) is 8.58. The van der Waals surface area contributed by atoms with Crippen LogP contribution in [0, 0.1) is 5.92 Å². The molecule has 2 aromatic rings. The maximum Gasteiger partial charge on any atom is 0.227 e. The number of carbonyl (C=O) groups excluding carboxylic acids is 1. The smallest absolute Gasteiger partial charge is 0.227 e. The van der Waals surface area contributed by atoms with E-state index in [1.807, 2.05) is 24.3 Å². The number of halogens is 2. The van der Waals surface area contributed by atoms with Crippen LogP contribution >= 0.6 is 23.2 Å². The van der Waals surface area contributed by atoms with Gasteiger partial charge in [-0.15, -0.1) is 0 Å². The quantitative estimate of drug-likeness (QED) is 0.826. The van der Waals surface area contributed by atoms with Crippen molar-refractivity contribution < 1.29 is 4.79 Å². The summed E-state index contributed by atoms with van der Waals surface area (Å²) in [6.45, 7) is 1.74. The van der Waals surface area contributed by atoms with Gasteiger partial charge in [0.25, 0.3) is 0 Å². The van der Waals surface area contributed by atoms with E-state index in [-0.39, 0.29) is 17.7 Å². The summed E-state index contributed by atoms with van der Waals surface area (Å²) in [7, 11) is 2.10.